The molecule has 0 atom stereocenters. The van der Waals surface area contributed by atoms with Crippen LogP contribution in [-0.2, 0) is 14.9 Å². The highest BCUT2D eigenvalue weighted by Crippen LogP contribution is 2.42. The first-order valence-corrected chi connectivity index (χ1v) is 8.77. The van der Waals surface area contributed by atoms with Gasteiger partial charge in [0.05, 0.1) is 13.3 Å². The van der Waals surface area contributed by atoms with Crippen molar-refractivity contribution in [3.05, 3.63) is 35.9 Å². The lowest BCUT2D eigenvalue weighted by atomic mass is 9.68. The largest absolute Gasteiger partial charge is 0.364 e. The highest BCUT2D eigenvalue weighted by atomic mass is 16.5. The van der Waals surface area contributed by atoms with Crippen LogP contribution in [0.25, 0.3) is 0 Å². The zero-order valence-electron chi connectivity index (χ0n) is 13.9. The lowest BCUT2D eigenvalue weighted by molar-refractivity contribution is -0.142. The Bertz CT molecular complexity index is 564. The third-order valence-corrected chi connectivity index (χ3v) is 6.20. The molecule has 1 spiro atoms. The van der Waals surface area contributed by atoms with E-state index in [0.29, 0.717) is 12.6 Å². The smallest absolute Gasteiger partial charge is 0.225 e. The monoisotopic (exact) mass is 314 g/mol. The molecule has 1 amide bonds. The van der Waals surface area contributed by atoms with Crippen molar-refractivity contribution in [3.8, 4) is 0 Å². The summed E-state index contributed by atoms with van der Waals surface area (Å²) in [4.78, 5) is 14.8. The van der Waals surface area contributed by atoms with E-state index < -0.39 is 0 Å². The molecule has 1 aromatic rings. The minimum Gasteiger partial charge on any atom is -0.364 e. The van der Waals surface area contributed by atoms with Crippen molar-refractivity contribution in [2.75, 3.05) is 26.4 Å². The van der Waals surface area contributed by atoms with E-state index in [2.05, 4.69) is 47.5 Å². The van der Waals surface area contributed by atoms with E-state index in [1.807, 2.05) is 0 Å². The Morgan fingerprint density at radius 1 is 1.22 bits per heavy atom. The Kier molecular flexibility index (Phi) is 3.69. The molecule has 4 rings (SSSR count). The van der Waals surface area contributed by atoms with Gasteiger partial charge in [-0.2, -0.15) is 0 Å². The lowest BCUT2D eigenvalue weighted by Crippen LogP contribution is -2.58. The van der Waals surface area contributed by atoms with Gasteiger partial charge in [0.15, 0.2) is 0 Å². The van der Waals surface area contributed by atoms with Gasteiger partial charge in [0.25, 0.3) is 0 Å². The van der Waals surface area contributed by atoms with Crippen molar-refractivity contribution in [1.29, 1.82) is 0 Å². The number of piperidine rings is 1. The van der Waals surface area contributed by atoms with Gasteiger partial charge in [0, 0.05) is 24.5 Å². The molecule has 1 saturated carbocycles. The minimum absolute atomic E-state index is 0.106. The van der Waals surface area contributed by atoms with Gasteiger partial charge in [-0.1, -0.05) is 37.3 Å². The van der Waals surface area contributed by atoms with E-state index in [9.17, 15) is 4.79 Å². The fourth-order valence-corrected chi connectivity index (χ4v) is 4.43. The first-order chi connectivity index (χ1) is 11.1. The summed E-state index contributed by atoms with van der Waals surface area (Å²) in [6.07, 6.45) is 4.00. The maximum absolute atomic E-state index is 12.7. The number of hydrogen-bond acceptors (Lipinski definition) is 3. The van der Waals surface area contributed by atoms with E-state index in [4.69, 9.17) is 4.74 Å². The molecule has 23 heavy (non-hydrogen) atoms. The molecule has 0 unspecified atom stereocenters. The molecular formula is C19H26N2O2. The summed E-state index contributed by atoms with van der Waals surface area (Å²) in [7, 11) is 0. The molecule has 0 radical (unpaired) electrons. The average Bonchev–Trinajstić information content (AvgIpc) is 3.04. The zero-order valence-corrected chi connectivity index (χ0v) is 13.9. The topological polar surface area (TPSA) is 41.6 Å². The highest BCUT2D eigenvalue weighted by molar-refractivity contribution is 5.80. The Balaban J connectivity index is 1.34. The highest BCUT2D eigenvalue weighted by Gasteiger charge is 2.50. The molecule has 1 aromatic carbocycles. The number of nitrogens with one attached hydrogen (secondary N) is 1. The number of amides is 1. The summed E-state index contributed by atoms with van der Waals surface area (Å²) in [6.45, 7) is 5.51. The van der Waals surface area contributed by atoms with Gasteiger partial charge in [-0.3, -0.25) is 10.1 Å². The van der Waals surface area contributed by atoms with E-state index in [0.717, 1.165) is 45.4 Å². The number of hydrogen-bond donors (Lipinski definition) is 1. The number of benzene rings is 1. The summed E-state index contributed by atoms with van der Waals surface area (Å²) in [5.74, 6) is 0.560. The van der Waals surface area contributed by atoms with Crippen LogP contribution in [0.4, 0.5) is 0 Å². The van der Waals surface area contributed by atoms with Crippen LogP contribution in [0.3, 0.4) is 0 Å². The predicted octanol–water partition coefficient (Wildman–Crippen LogP) is 2.29. The van der Waals surface area contributed by atoms with Crippen molar-refractivity contribution in [1.82, 2.24) is 10.2 Å². The Labute approximate surface area is 138 Å². The summed E-state index contributed by atoms with van der Waals surface area (Å²) >= 11 is 0. The first-order valence-electron chi connectivity index (χ1n) is 8.77. The predicted molar refractivity (Wildman–Crippen MR) is 89.0 cm³/mol. The molecule has 1 aliphatic carbocycles. The van der Waals surface area contributed by atoms with Crippen molar-refractivity contribution in [2.45, 2.75) is 43.6 Å². The number of nitrogens with zero attached hydrogens (tertiary/aromatic N) is 1. The normalized spacial score (nSPS) is 32.7. The number of likely N-dealkylation sites (tertiary alicyclic amines) is 1. The Hall–Kier alpha value is -1.39. The maximum atomic E-state index is 12.7. The number of rotatable bonds is 2. The number of carbonyl (C=O) groups excluding carboxylic acids is 1. The molecular weight excluding hydrogens is 288 g/mol. The Morgan fingerprint density at radius 2 is 1.91 bits per heavy atom. The van der Waals surface area contributed by atoms with Gasteiger partial charge in [-0.05, 0) is 36.7 Å². The second-order valence-electron chi connectivity index (χ2n) is 7.81. The number of carbonyl (C=O) groups is 1. The van der Waals surface area contributed by atoms with E-state index in [-0.39, 0.29) is 16.9 Å². The summed E-state index contributed by atoms with van der Waals surface area (Å²) in [5.41, 5.74) is 1.72. The molecule has 124 valence electrons. The van der Waals surface area contributed by atoms with Gasteiger partial charge in [0.2, 0.25) is 5.91 Å². The van der Waals surface area contributed by atoms with E-state index in [1.165, 1.54) is 5.56 Å². The van der Waals surface area contributed by atoms with Crippen LogP contribution in [0, 0.1) is 5.92 Å². The minimum atomic E-state index is 0.106. The molecule has 1 N–H and O–H groups in total. The van der Waals surface area contributed by atoms with Gasteiger partial charge in [0.1, 0.15) is 0 Å². The lowest BCUT2D eigenvalue weighted by Gasteiger charge is -2.47. The molecule has 2 heterocycles. The molecule has 3 aliphatic rings. The quantitative estimate of drug-likeness (QED) is 0.911. The van der Waals surface area contributed by atoms with Crippen molar-refractivity contribution in [2.24, 2.45) is 5.92 Å². The fraction of sp³-hybridized carbons (Fsp3) is 0.632. The second kappa shape index (κ2) is 5.60. The standard InChI is InChI=1S/C19H26N2O2/c1-18(16-5-3-2-4-6-16)7-9-21(10-8-18)17(22)15-11-19(12-15)13-23-14-20-19/h2-6,15,20H,7-14H2,1H3. The molecule has 4 heteroatoms. The maximum Gasteiger partial charge on any atom is 0.225 e. The molecule has 0 aromatic heterocycles. The zero-order chi connectivity index (χ0) is 15.9. The SMILES string of the molecule is CC1(c2ccccc2)CCN(C(=O)C2CC3(COCN3)C2)CC1. The van der Waals surface area contributed by atoms with Crippen LogP contribution in [0.15, 0.2) is 30.3 Å². The fourth-order valence-electron chi connectivity index (χ4n) is 4.43. The van der Waals surface area contributed by atoms with E-state index >= 15 is 0 Å². The molecule has 4 nitrogen and oxygen atoms in total. The third kappa shape index (κ3) is 2.68. The number of ether oxygens (including phenoxy) is 1. The van der Waals surface area contributed by atoms with Crippen LogP contribution >= 0.6 is 0 Å². The van der Waals surface area contributed by atoms with Gasteiger partial charge >= 0.3 is 0 Å². The molecule has 2 saturated heterocycles. The second-order valence-corrected chi connectivity index (χ2v) is 7.81. The van der Waals surface area contributed by atoms with Crippen LogP contribution in [-0.4, -0.2) is 42.8 Å². The van der Waals surface area contributed by atoms with Crippen molar-refractivity contribution >= 4 is 5.91 Å². The summed E-state index contributed by atoms with van der Waals surface area (Å²) in [5, 5.41) is 3.40. The van der Waals surface area contributed by atoms with Crippen LogP contribution in [0.5, 0.6) is 0 Å². The molecule has 2 aliphatic heterocycles. The van der Waals surface area contributed by atoms with E-state index in [1.54, 1.807) is 0 Å². The van der Waals surface area contributed by atoms with Crippen LogP contribution in [0.1, 0.15) is 38.2 Å². The average molecular weight is 314 g/mol. The first kappa shape index (κ1) is 15.2. The van der Waals surface area contributed by atoms with Crippen molar-refractivity contribution in [3.63, 3.8) is 0 Å². The van der Waals surface area contributed by atoms with Crippen molar-refractivity contribution < 1.29 is 9.53 Å². The van der Waals surface area contributed by atoms with Crippen LogP contribution < -0.4 is 5.32 Å². The summed E-state index contributed by atoms with van der Waals surface area (Å²) in [6, 6.07) is 10.7. The van der Waals surface area contributed by atoms with Crippen LogP contribution in [0.2, 0.25) is 0 Å². The Morgan fingerprint density at radius 3 is 2.52 bits per heavy atom. The van der Waals surface area contributed by atoms with Gasteiger partial charge in [-0.25, -0.2) is 0 Å². The summed E-state index contributed by atoms with van der Waals surface area (Å²) < 4.78 is 5.42. The molecule has 0 bridgehead atoms. The van der Waals surface area contributed by atoms with Gasteiger partial charge in [-0.15, -0.1) is 0 Å². The third-order valence-electron chi connectivity index (χ3n) is 6.20. The molecule has 3 fully saturated rings. The van der Waals surface area contributed by atoms with Gasteiger partial charge < -0.3 is 9.64 Å².